The van der Waals surface area contributed by atoms with E-state index in [4.69, 9.17) is 4.74 Å². The van der Waals surface area contributed by atoms with Gasteiger partial charge in [-0.15, -0.1) is 0 Å². The van der Waals surface area contributed by atoms with Crippen LogP contribution in [0.15, 0.2) is 30.3 Å². The first-order valence-corrected chi connectivity index (χ1v) is 5.87. The summed E-state index contributed by atoms with van der Waals surface area (Å²) in [7, 11) is 0. The van der Waals surface area contributed by atoms with Crippen molar-refractivity contribution in [2.24, 2.45) is 0 Å². The molecule has 0 N–H and O–H groups in total. The maximum atomic E-state index is 5.91. The van der Waals surface area contributed by atoms with Crippen molar-refractivity contribution in [1.29, 1.82) is 0 Å². The molecule has 0 amide bonds. The lowest BCUT2D eigenvalue weighted by Crippen LogP contribution is -2.36. The van der Waals surface area contributed by atoms with Crippen LogP contribution in [0, 0.1) is 0 Å². The second-order valence-corrected chi connectivity index (χ2v) is 4.48. The molecule has 0 saturated carbocycles. The minimum atomic E-state index is 0.219. The molecule has 2 aliphatic heterocycles. The molecule has 3 rings (SSSR count). The molecule has 0 radical (unpaired) electrons. The lowest BCUT2D eigenvalue weighted by atomic mass is 10.0. The summed E-state index contributed by atoms with van der Waals surface area (Å²) in [6.07, 6.45) is 4.22. The Bertz CT molecular complexity index is 325. The molecule has 1 aromatic carbocycles. The van der Waals surface area contributed by atoms with E-state index in [0.29, 0.717) is 6.04 Å². The van der Waals surface area contributed by atoms with Crippen molar-refractivity contribution in [3.05, 3.63) is 35.9 Å². The van der Waals surface area contributed by atoms with Crippen LogP contribution in [0.25, 0.3) is 0 Å². The van der Waals surface area contributed by atoms with E-state index < -0.39 is 0 Å². The first-order chi connectivity index (χ1) is 7.45. The van der Waals surface area contributed by atoms with Crippen LogP contribution in [0.3, 0.4) is 0 Å². The van der Waals surface area contributed by atoms with Gasteiger partial charge in [0.25, 0.3) is 0 Å². The van der Waals surface area contributed by atoms with Crippen molar-refractivity contribution >= 4 is 0 Å². The molecular formula is C13H17NO. The molecule has 2 nitrogen and oxygen atoms in total. The minimum absolute atomic E-state index is 0.219. The number of hydrogen-bond donors (Lipinski definition) is 0. The van der Waals surface area contributed by atoms with Crippen molar-refractivity contribution in [2.75, 3.05) is 13.2 Å². The maximum Gasteiger partial charge on any atom is 0.137 e. The smallest absolute Gasteiger partial charge is 0.137 e. The lowest BCUT2D eigenvalue weighted by Gasteiger charge is -2.31. The molecule has 0 bridgehead atoms. The van der Waals surface area contributed by atoms with Crippen LogP contribution in [0.5, 0.6) is 0 Å². The zero-order valence-electron chi connectivity index (χ0n) is 8.93. The topological polar surface area (TPSA) is 12.5 Å². The average Bonchev–Trinajstić information content (AvgIpc) is 2.74. The summed E-state index contributed by atoms with van der Waals surface area (Å²) in [5, 5.41) is 0. The number of piperidine rings is 1. The number of fused-ring (bicyclic) bond motifs is 1. The maximum absolute atomic E-state index is 5.91. The van der Waals surface area contributed by atoms with E-state index >= 15 is 0 Å². The Balaban J connectivity index is 1.82. The average molecular weight is 203 g/mol. The number of ether oxygens (including phenoxy) is 1. The molecular weight excluding hydrogens is 186 g/mol. The fourth-order valence-electron chi connectivity index (χ4n) is 2.71. The molecule has 2 unspecified atom stereocenters. The molecule has 2 heterocycles. The van der Waals surface area contributed by atoms with Gasteiger partial charge in [-0.1, -0.05) is 36.8 Å². The van der Waals surface area contributed by atoms with Crippen LogP contribution < -0.4 is 0 Å². The number of hydrogen-bond acceptors (Lipinski definition) is 2. The van der Waals surface area contributed by atoms with Crippen LogP contribution in [-0.4, -0.2) is 24.1 Å². The fraction of sp³-hybridized carbons (Fsp3) is 0.538. The molecule has 0 aliphatic carbocycles. The van der Waals surface area contributed by atoms with E-state index in [9.17, 15) is 0 Å². The lowest BCUT2D eigenvalue weighted by molar-refractivity contribution is 0.0232. The first kappa shape index (κ1) is 9.37. The van der Waals surface area contributed by atoms with Gasteiger partial charge in [0.15, 0.2) is 0 Å². The summed E-state index contributed by atoms with van der Waals surface area (Å²) < 4.78 is 5.91. The predicted molar refractivity (Wildman–Crippen MR) is 59.5 cm³/mol. The van der Waals surface area contributed by atoms with E-state index in [1.807, 2.05) is 0 Å². The molecule has 2 fully saturated rings. The summed E-state index contributed by atoms with van der Waals surface area (Å²) in [4.78, 5) is 2.53. The highest BCUT2D eigenvalue weighted by Crippen LogP contribution is 2.35. The van der Waals surface area contributed by atoms with Crippen LogP contribution in [0.4, 0.5) is 0 Å². The second kappa shape index (κ2) is 3.95. The van der Waals surface area contributed by atoms with Gasteiger partial charge >= 0.3 is 0 Å². The molecule has 2 heteroatoms. The predicted octanol–water partition coefficient (Wildman–Crippen LogP) is 2.57. The third-order valence-corrected chi connectivity index (χ3v) is 3.51. The Kier molecular flexibility index (Phi) is 2.47. The molecule has 2 aliphatic rings. The van der Waals surface area contributed by atoms with E-state index in [1.165, 1.54) is 31.4 Å². The van der Waals surface area contributed by atoms with E-state index in [-0.39, 0.29) is 6.23 Å². The van der Waals surface area contributed by atoms with Crippen LogP contribution in [0.1, 0.15) is 31.1 Å². The Morgan fingerprint density at radius 3 is 2.87 bits per heavy atom. The Morgan fingerprint density at radius 2 is 2.00 bits per heavy atom. The third-order valence-electron chi connectivity index (χ3n) is 3.51. The largest absolute Gasteiger partial charge is 0.357 e. The number of rotatable bonds is 1. The monoisotopic (exact) mass is 203 g/mol. The van der Waals surface area contributed by atoms with Gasteiger partial charge in [0.1, 0.15) is 6.23 Å². The summed E-state index contributed by atoms with van der Waals surface area (Å²) >= 11 is 0. The Labute approximate surface area is 90.8 Å². The Hall–Kier alpha value is -0.860. The highest BCUT2D eigenvalue weighted by Gasteiger charge is 2.36. The number of benzene rings is 1. The van der Waals surface area contributed by atoms with E-state index in [1.54, 1.807) is 0 Å². The van der Waals surface area contributed by atoms with E-state index in [2.05, 4.69) is 35.2 Å². The van der Waals surface area contributed by atoms with Gasteiger partial charge in [0.05, 0.1) is 6.61 Å². The standard InChI is InChI=1S/C13H17NO/c1-2-6-11(7-3-1)13-14-9-5-4-8-12(14)10-15-13/h1-3,6-7,12-13H,4-5,8-10H2. The highest BCUT2D eigenvalue weighted by molar-refractivity contribution is 5.18. The first-order valence-electron chi connectivity index (χ1n) is 5.87. The van der Waals surface area contributed by atoms with Crippen molar-refractivity contribution in [1.82, 2.24) is 4.90 Å². The summed E-state index contributed by atoms with van der Waals surface area (Å²) in [5.41, 5.74) is 1.31. The molecule has 15 heavy (non-hydrogen) atoms. The zero-order chi connectivity index (χ0) is 10.1. The van der Waals surface area contributed by atoms with Gasteiger partial charge in [-0.3, -0.25) is 4.90 Å². The quantitative estimate of drug-likeness (QED) is 0.695. The third kappa shape index (κ3) is 1.68. The molecule has 0 spiro atoms. The molecule has 0 aromatic heterocycles. The van der Waals surface area contributed by atoms with Crippen LogP contribution in [-0.2, 0) is 4.74 Å². The van der Waals surface area contributed by atoms with E-state index in [0.717, 1.165) is 6.61 Å². The van der Waals surface area contributed by atoms with Crippen molar-refractivity contribution < 1.29 is 4.74 Å². The van der Waals surface area contributed by atoms with Crippen LogP contribution in [0.2, 0.25) is 0 Å². The molecule has 1 aromatic rings. The van der Waals surface area contributed by atoms with Gasteiger partial charge in [-0.2, -0.15) is 0 Å². The summed E-state index contributed by atoms with van der Waals surface area (Å²) in [5.74, 6) is 0. The van der Waals surface area contributed by atoms with Gasteiger partial charge in [0.2, 0.25) is 0 Å². The SMILES string of the molecule is c1ccc(C2OCC3CCCCN32)cc1. The van der Waals surface area contributed by atoms with Gasteiger partial charge < -0.3 is 4.74 Å². The fourth-order valence-corrected chi connectivity index (χ4v) is 2.71. The van der Waals surface area contributed by atoms with Gasteiger partial charge in [-0.05, 0) is 18.4 Å². The van der Waals surface area contributed by atoms with Gasteiger partial charge in [-0.25, -0.2) is 0 Å². The van der Waals surface area contributed by atoms with Crippen molar-refractivity contribution in [3.8, 4) is 0 Å². The van der Waals surface area contributed by atoms with Crippen LogP contribution >= 0.6 is 0 Å². The second-order valence-electron chi connectivity index (χ2n) is 4.48. The molecule has 80 valence electrons. The van der Waals surface area contributed by atoms with Crippen molar-refractivity contribution in [2.45, 2.75) is 31.5 Å². The summed E-state index contributed by atoms with van der Waals surface area (Å²) in [6, 6.07) is 11.3. The summed E-state index contributed by atoms with van der Waals surface area (Å²) in [6.45, 7) is 2.11. The molecule has 2 saturated heterocycles. The zero-order valence-corrected chi connectivity index (χ0v) is 8.93. The normalized spacial score (nSPS) is 31.5. The molecule has 2 atom stereocenters. The highest BCUT2D eigenvalue weighted by atomic mass is 16.5. The van der Waals surface area contributed by atoms with Gasteiger partial charge in [0, 0.05) is 12.6 Å². The minimum Gasteiger partial charge on any atom is -0.357 e. The Morgan fingerprint density at radius 1 is 1.13 bits per heavy atom. The van der Waals surface area contributed by atoms with Crippen molar-refractivity contribution in [3.63, 3.8) is 0 Å². The number of nitrogens with zero attached hydrogens (tertiary/aromatic N) is 1.